The molecule has 2 rings (SSSR count). The lowest BCUT2D eigenvalue weighted by molar-refractivity contribution is -0.206. The molecule has 1 aromatic carbocycles. The highest BCUT2D eigenvalue weighted by Gasteiger charge is 2.22. The molecule has 0 aromatic heterocycles. The molecule has 1 fully saturated rings. The van der Waals surface area contributed by atoms with Crippen molar-refractivity contribution in [2.75, 3.05) is 13.2 Å². The van der Waals surface area contributed by atoms with E-state index < -0.39 is 0 Å². The fraction of sp³-hybridized carbons (Fsp3) is 0.667. The van der Waals surface area contributed by atoms with Gasteiger partial charge in [-0.3, -0.25) is 0 Å². The van der Waals surface area contributed by atoms with Gasteiger partial charge >= 0.3 is 0 Å². The van der Waals surface area contributed by atoms with E-state index in [0.717, 1.165) is 18.8 Å². The van der Waals surface area contributed by atoms with Gasteiger partial charge in [0.25, 0.3) is 0 Å². The molecule has 1 aromatic rings. The smallest absolute Gasteiger partial charge is 0.183 e. The predicted molar refractivity (Wildman–Crippen MR) is 82.7 cm³/mol. The maximum Gasteiger partial charge on any atom is 0.183 e. The minimum Gasteiger partial charge on any atom is -0.348 e. The molecule has 1 aliphatic heterocycles. The van der Waals surface area contributed by atoms with E-state index in [1.807, 2.05) is 0 Å². The first kappa shape index (κ1) is 15.5. The van der Waals surface area contributed by atoms with Gasteiger partial charge in [0.15, 0.2) is 6.29 Å². The first-order valence-corrected chi connectivity index (χ1v) is 8.09. The molecule has 0 N–H and O–H groups in total. The van der Waals surface area contributed by atoms with Gasteiger partial charge < -0.3 is 9.47 Å². The Morgan fingerprint density at radius 2 is 1.60 bits per heavy atom. The van der Waals surface area contributed by atoms with Crippen LogP contribution >= 0.6 is 0 Å². The Balaban J connectivity index is 1.66. The van der Waals surface area contributed by atoms with Crippen LogP contribution in [0.1, 0.15) is 62.9 Å². The maximum atomic E-state index is 5.87. The highest BCUT2D eigenvalue weighted by Crippen LogP contribution is 2.27. The summed E-state index contributed by atoms with van der Waals surface area (Å²) in [6, 6.07) is 8.43. The van der Waals surface area contributed by atoms with Gasteiger partial charge in [0.1, 0.15) is 0 Å². The van der Waals surface area contributed by atoms with Crippen LogP contribution in [0.25, 0.3) is 0 Å². The number of aryl methyl sites for hydroxylation is 1. The Morgan fingerprint density at radius 3 is 2.25 bits per heavy atom. The molecule has 0 atom stereocenters. The van der Waals surface area contributed by atoms with Gasteiger partial charge in [-0.2, -0.15) is 0 Å². The van der Waals surface area contributed by atoms with Crippen molar-refractivity contribution in [2.45, 2.75) is 58.7 Å². The highest BCUT2D eigenvalue weighted by molar-refractivity contribution is 5.22. The second-order valence-electron chi connectivity index (χ2n) is 5.98. The fourth-order valence-corrected chi connectivity index (χ4v) is 2.66. The number of rotatable bonds is 7. The van der Waals surface area contributed by atoms with E-state index in [4.69, 9.17) is 9.47 Å². The summed E-state index contributed by atoms with van der Waals surface area (Å²) in [7, 11) is 0. The third kappa shape index (κ3) is 4.92. The summed E-state index contributed by atoms with van der Waals surface area (Å²) in [5.74, 6) is 0.582. The van der Waals surface area contributed by atoms with Crippen molar-refractivity contribution in [2.24, 2.45) is 5.92 Å². The van der Waals surface area contributed by atoms with Crippen LogP contribution in [0, 0.1) is 12.8 Å². The van der Waals surface area contributed by atoms with Gasteiger partial charge in [0, 0.05) is 11.5 Å². The Labute approximate surface area is 123 Å². The molecule has 0 spiro atoms. The quantitative estimate of drug-likeness (QED) is 0.651. The van der Waals surface area contributed by atoms with Gasteiger partial charge in [0.05, 0.1) is 13.2 Å². The van der Waals surface area contributed by atoms with Gasteiger partial charge in [-0.1, -0.05) is 68.9 Å². The van der Waals surface area contributed by atoms with Gasteiger partial charge in [0.2, 0.25) is 0 Å². The Hall–Kier alpha value is -0.860. The van der Waals surface area contributed by atoms with E-state index >= 15 is 0 Å². The van der Waals surface area contributed by atoms with Crippen LogP contribution in [0.2, 0.25) is 0 Å². The third-order valence-corrected chi connectivity index (χ3v) is 4.03. The molecule has 1 aliphatic rings. The van der Waals surface area contributed by atoms with E-state index in [1.165, 1.54) is 44.1 Å². The summed E-state index contributed by atoms with van der Waals surface area (Å²) in [4.78, 5) is 0. The lowest BCUT2D eigenvalue weighted by Crippen LogP contribution is -2.27. The number of unbranched alkanes of at least 4 members (excludes halogenated alkanes) is 4. The number of benzene rings is 1. The van der Waals surface area contributed by atoms with Crippen LogP contribution < -0.4 is 0 Å². The van der Waals surface area contributed by atoms with Crippen molar-refractivity contribution in [1.29, 1.82) is 0 Å². The van der Waals surface area contributed by atoms with Gasteiger partial charge in [-0.25, -0.2) is 0 Å². The van der Waals surface area contributed by atoms with Crippen LogP contribution in [-0.2, 0) is 9.47 Å². The second kappa shape index (κ2) is 8.43. The Bertz CT molecular complexity index is 364. The van der Waals surface area contributed by atoms with E-state index in [2.05, 4.69) is 38.1 Å². The Kier molecular flexibility index (Phi) is 6.55. The molecule has 20 heavy (non-hydrogen) atoms. The highest BCUT2D eigenvalue weighted by atomic mass is 16.7. The molecule has 0 saturated carbocycles. The zero-order valence-electron chi connectivity index (χ0n) is 12.9. The van der Waals surface area contributed by atoms with Crippen molar-refractivity contribution in [3.8, 4) is 0 Å². The fourth-order valence-electron chi connectivity index (χ4n) is 2.66. The van der Waals surface area contributed by atoms with E-state index in [-0.39, 0.29) is 6.29 Å². The average Bonchev–Trinajstić information content (AvgIpc) is 2.49. The molecule has 0 unspecified atom stereocenters. The van der Waals surface area contributed by atoms with Crippen LogP contribution in [0.5, 0.6) is 0 Å². The van der Waals surface area contributed by atoms with Crippen molar-refractivity contribution in [3.63, 3.8) is 0 Å². The molecule has 2 heteroatoms. The number of ether oxygens (including phenoxy) is 2. The third-order valence-electron chi connectivity index (χ3n) is 4.03. The normalized spacial score (nSPS) is 22.9. The lowest BCUT2D eigenvalue weighted by Gasteiger charge is -2.29. The molecule has 0 aliphatic carbocycles. The summed E-state index contributed by atoms with van der Waals surface area (Å²) in [6.45, 7) is 6.04. The zero-order chi connectivity index (χ0) is 14.2. The maximum absolute atomic E-state index is 5.87. The predicted octanol–water partition coefficient (Wildman–Crippen LogP) is 5.02. The summed E-state index contributed by atoms with van der Waals surface area (Å²) in [5, 5.41) is 0. The average molecular weight is 276 g/mol. The molecule has 0 radical (unpaired) electrons. The van der Waals surface area contributed by atoms with E-state index in [9.17, 15) is 0 Å². The molecular formula is C18H28O2. The molecule has 0 amide bonds. The minimum atomic E-state index is -0.160. The van der Waals surface area contributed by atoms with Crippen molar-refractivity contribution in [1.82, 2.24) is 0 Å². The van der Waals surface area contributed by atoms with Gasteiger partial charge in [-0.15, -0.1) is 0 Å². The standard InChI is InChI=1S/C18H28O2/c1-3-4-5-6-7-8-16-13-19-18(20-14-16)17-11-9-15(2)10-12-17/h9-12,16,18H,3-8,13-14H2,1-2H3. The summed E-state index contributed by atoms with van der Waals surface area (Å²) in [6.07, 6.45) is 7.80. The van der Waals surface area contributed by atoms with Crippen molar-refractivity contribution < 1.29 is 9.47 Å². The molecule has 1 saturated heterocycles. The Morgan fingerprint density at radius 1 is 0.950 bits per heavy atom. The van der Waals surface area contributed by atoms with Crippen molar-refractivity contribution in [3.05, 3.63) is 35.4 Å². The monoisotopic (exact) mass is 276 g/mol. The second-order valence-corrected chi connectivity index (χ2v) is 5.98. The summed E-state index contributed by atoms with van der Waals surface area (Å²) in [5.41, 5.74) is 2.41. The molecule has 112 valence electrons. The number of hydrogen-bond donors (Lipinski definition) is 0. The van der Waals surface area contributed by atoms with Crippen LogP contribution in [0.4, 0.5) is 0 Å². The molecular weight excluding hydrogens is 248 g/mol. The molecule has 1 heterocycles. The summed E-state index contributed by atoms with van der Waals surface area (Å²) < 4.78 is 11.7. The summed E-state index contributed by atoms with van der Waals surface area (Å²) >= 11 is 0. The molecule has 0 bridgehead atoms. The van der Waals surface area contributed by atoms with Gasteiger partial charge in [-0.05, 0) is 13.3 Å². The minimum absolute atomic E-state index is 0.160. The van der Waals surface area contributed by atoms with Crippen LogP contribution in [0.3, 0.4) is 0 Å². The number of hydrogen-bond acceptors (Lipinski definition) is 2. The van der Waals surface area contributed by atoms with Crippen molar-refractivity contribution >= 4 is 0 Å². The van der Waals surface area contributed by atoms with Crippen LogP contribution in [-0.4, -0.2) is 13.2 Å². The zero-order valence-corrected chi connectivity index (χ0v) is 12.9. The van der Waals surface area contributed by atoms with E-state index in [0.29, 0.717) is 5.92 Å². The molecule has 2 nitrogen and oxygen atoms in total. The topological polar surface area (TPSA) is 18.5 Å². The first-order valence-electron chi connectivity index (χ1n) is 8.09. The van der Waals surface area contributed by atoms with E-state index in [1.54, 1.807) is 0 Å². The van der Waals surface area contributed by atoms with Crippen LogP contribution in [0.15, 0.2) is 24.3 Å². The lowest BCUT2D eigenvalue weighted by atomic mass is 10.0. The largest absolute Gasteiger partial charge is 0.348 e. The SMILES string of the molecule is CCCCCCCC1COC(c2ccc(C)cc2)OC1. The first-order chi connectivity index (χ1) is 9.79.